The van der Waals surface area contributed by atoms with Gasteiger partial charge in [0.2, 0.25) is 0 Å². The Morgan fingerprint density at radius 3 is 2.75 bits per heavy atom. The molecular formula is C12H11NO3. The van der Waals surface area contributed by atoms with E-state index in [9.17, 15) is 9.59 Å². The molecule has 0 aliphatic carbocycles. The number of hydrogen-bond donors (Lipinski definition) is 1. The van der Waals surface area contributed by atoms with Crippen molar-refractivity contribution in [2.24, 2.45) is 0 Å². The van der Waals surface area contributed by atoms with Crippen LogP contribution in [0.2, 0.25) is 0 Å². The van der Waals surface area contributed by atoms with Crippen LogP contribution in [0, 0.1) is 6.92 Å². The number of H-pyrrole nitrogens is 1. The van der Waals surface area contributed by atoms with Gasteiger partial charge in [0, 0.05) is 5.52 Å². The molecule has 0 amide bonds. The molecule has 2 aromatic rings. The van der Waals surface area contributed by atoms with Crippen molar-refractivity contribution in [3.63, 3.8) is 0 Å². The summed E-state index contributed by atoms with van der Waals surface area (Å²) in [6.45, 7) is 1.95. The van der Waals surface area contributed by atoms with E-state index in [1.807, 2.05) is 25.1 Å². The summed E-state index contributed by atoms with van der Waals surface area (Å²) in [5, 5.41) is 0.819. The van der Waals surface area contributed by atoms with E-state index in [1.165, 1.54) is 7.11 Å². The molecule has 2 rings (SSSR count). The van der Waals surface area contributed by atoms with Gasteiger partial charge >= 0.3 is 5.97 Å². The molecule has 1 N–H and O–H groups in total. The fraction of sp³-hybridized carbons (Fsp3) is 0.167. The number of nitrogens with one attached hydrogen (secondary N) is 1. The highest BCUT2D eigenvalue weighted by Crippen LogP contribution is 2.13. The summed E-state index contributed by atoms with van der Waals surface area (Å²) in [5.74, 6) is -0.621. The minimum absolute atomic E-state index is 0.0283. The number of rotatable bonds is 1. The van der Waals surface area contributed by atoms with Crippen molar-refractivity contribution in [2.75, 3.05) is 7.11 Å². The lowest BCUT2D eigenvalue weighted by Crippen LogP contribution is -2.18. The maximum Gasteiger partial charge on any atom is 0.343 e. The molecule has 0 atom stereocenters. The van der Waals surface area contributed by atoms with Gasteiger partial charge in [-0.1, -0.05) is 11.6 Å². The quantitative estimate of drug-likeness (QED) is 0.738. The molecule has 82 valence electrons. The van der Waals surface area contributed by atoms with Crippen LogP contribution in [-0.4, -0.2) is 18.1 Å². The van der Waals surface area contributed by atoms with E-state index in [0.29, 0.717) is 5.52 Å². The first kappa shape index (κ1) is 10.4. The first-order valence-electron chi connectivity index (χ1n) is 4.84. The van der Waals surface area contributed by atoms with Crippen LogP contribution in [0.1, 0.15) is 15.9 Å². The molecule has 16 heavy (non-hydrogen) atoms. The zero-order valence-corrected chi connectivity index (χ0v) is 9.03. The Morgan fingerprint density at radius 1 is 1.31 bits per heavy atom. The van der Waals surface area contributed by atoms with Gasteiger partial charge in [0.05, 0.1) is 7.11 Å². The Morgan fingerprint density at radius 2 is 2.06 bits per heavy atom. The summed E-state index contributed by atoms with van der Waals surface area (Å²) < 4.78 is 4.54. The van der Waals surface area contributed by atoms with Crippen LogP contribution < -0.4 is 5.56 Å². The number of carbonyl (C=O) groups excluding carboxylic acids is 1. The van der Waals surface area contributed by atoms with Gasteiger partial charge in [-0.3, -0.25) is 4.79 Å². The SMILES string of the molecule is COC(=O)c1cc2cc(C)ccc2[nH]c1=O. The maximum atomic E-state index is 11.6. The molecule has 0 unspecified atom stereocenters. The standard InChI is InChI=1S/C12H11NO3/c1-7-3-4-10-8(5-7)6-9(11(14)13-10)12(15)16-2/h3-6H,1-2H3,(H,13,14). The zero-order valence-electron chi connectivity index (χ0n) is 9.03. The molecule has 4 nitrogen and oxygen atoms in total. The second-order valence-electron chi connectivity index (χ2n) is 3.59. The van der Waals surface area contributed by atoms with Crippen LogP contribution in [0.3, 0.4) is 0 Å². The van der Waals surface area contributed by atoms with Crippen molar-refractivity contribution in [1.29, 1.82) is 0 Å². The largest absolute Gasteiger partial charge is 0.465 e. The Bertz CT molecular complexity index is 613. The van der Waals surface area contributed by atoms with E-state index < -0.39 is 11.5 Å². The summed E-state index contributed by atoms with van der Waals surface area (Å²) in [6.07, 6.45) is 0. The van der Waals surface area contributed by atoms with Crippen molar-refractivity contribution in [3.8, 4) is 0 Å². The number of aromatic amines is 1. The van der Waals surface area contributed by atoms with Crippen molar-refractivity contribution in [3.05, 3.63) is 45.7 Å². The molecule has 0 saturated carbocycles. The minimum atomic E-state index is -0.621. The number of esters is 1. The molecule has 0 aliphatic heterocycles. The van der Waals surface area contributed by atoms with Gasteiger partial charge in [-0.2, -0.15) is 0 Å². The number of ether oxygens (including phenoxy) is 1. The molecule has 1 aromatic carbocycles. The van der Waals surface area contributed by atoms with Crippen LogP contribution in [0.5, 0.6) is 0 Å². The van der Waals surface area contributed by atoms with Gasteiger partial charge < -0.3 is 9.72 Å². The molecular weight excluding hydrogens is 206 g/mol. The Hall–Kier alpha value is -2.10. The van der Waals surface area contributed by atoms with Crippen LogP contribution >= 0.6 is 0 Å². The summed E-state index contributed by atoms with van der Waals surface area (Å²) >= 11 is 0. The number of benzene rings is 1. The zero-order chi connectivity index (χ0) is 11.7. The fourth-order valence-electron chi connectivity index (χ4n) is 1.59. The average molecular weight is 217 g/mol. The van der Waals surface area contributed by atoms with Crippen molar-refractivity contribution < 1.29 is 9.53 Å². The molecule has 0 radical (unpaired) electrons. The average Bonchev–Trinajstić information content (AvgIpc) is 2.28. The Balaban J connectivity index is 2.74. The van der Waals surface area contributed by atoms with E-state index >= 15 is 0 Å². The molecule has 0 spiro atoms. The first-order chi connectivity index (χ1) is 7.61. The predicted octanol–water partition coefficient (Wildman–Crippen LogP) is 1.62. The number of aromatic nitrogens is 1. The molecule has 0 saturated heterocycles. The third-order valence-corrected chi connectivity index (χ3v) is 2.41. The first-order valence-corrected chi connectivity index (χ1v) is 4.84. The molecule has 0 bridgehead atoms. The number of hydrogen-bond acceptors (Lipinski definition) is 3. The smallest absolute Gasteiger partial charge is 0.343 e. The highest BCUT2D eigenvalue weighted by atomic mass is 16.5. The fourth-order valence-corrected chi connectivity index (χ4v) is 1.59. The van der Waals surface area contributed by atoms with E-state index in [4.69, 9.17) is 0 Å². The van der Waals surface area contributed by atoms with Gasteiger partial charge in [-0.15, -0.1) is 0 Å². The number of carbonyl (C=O) groups is 1. The van der Waals surface area contributed by atoms with Crippen molar-refractivity contribution in [1.82, 2.24) is 4.98 Å². The lowest BCUT2D eigenvalue weighted by Gasteiger charge is -2.02. The number of aryl methyl sites for hydroxylation is 1. The number of fused-ring (bicyclic) bond motifs is 1. The lowest BCUT2D eigenvalue weighted by molar-refractivity contribution is 0.0599. The van der Waals surface area contributed by atoms with Crippen LogP contribution in [-0.2, 0) is 4.74 Å². The second kappa shape index (κ2) is 3.81. The molecule has 1 aromatic heterocycles. The van der Waals surface area contributed by atoms with Gasteiger partial charge in [0.15, 0.2) is 0 Å². The van der Waals surface area contributed by atoms with E-state index in [-0.39, 0.29) is 5.56 Å². The van der Waals surface area contributed by atoms with Gasteiger partial charge in [-0.05, 0) is 30.5 Å². The highest BCUT2D eigenvalue weighted by molar-refractivity contribution is 5.93. The van der Waals surface area contributed by atoms with Crippen LogP contribution in [0.25, 0.3) is 10.9 Å². The summed E-state index contributed by atoms with van der Waals surface area (Å²) in [6, 6.07) is 7.16. The molecule has 0 aliphatic rings. The molecule has 1 heterocycles. The molecule has 0 fully saturated rings. The highest BCUT2D eigenvalue weighted by Gasteiger charge is 2.11. The topological polar surface area (TPSA) is 59.2 Å². The maximum absolute atomic E-state index is 11.6. The van der Waals surface area contributed by atoms with Gasteiger partial charge in [-0.25, -0.2) is 4.79 Å². The third kappa shape index (κ3) is 1.69. The monoisotopic (exact) mass is 217 g/mol. The Labute approximate surface area is 91.9 Å². The number of pyridine rings is 1. The molecule has 4 heteroatoms. The van der Waals surface area contributed by atoms with Gasteiger partial charge in [0.25, 0.3) is 5.56 Å². The van der Waals surface area contributed by atoms with Gasteiger partial charge in [0.1, 0.15) is 5.56 Å². The predicted molar refractivity (Wildman–Crippen MR) is 60.6 cm³/mol. The number of methoxy groups -OCH3 is 1. The third-order valence-electron chi connectivity index (χ3n) is 2.41. The van der Waals surface area contributed by atoms with Crippen LogP contribution in [0.4, 0.5) is 0 Å². The van der Waals surface area contributed by atoms with Crippen molar-refractivity contribution >= 4 is 16.9 Å². The normalized spacial score (nSPS) is 10.4. The van der Waals surface area contributed by atoms with E-state index in [1.54, 1.807) is 6.07 Å². The van der Waals surface area contributed by atoms with E-state index in [2.05, 4.69) is 9.72 Å². The van der Waals surface area contributed by atoms with E-state index in [0.717, 1.165) is 10.9 Å². The minimum Gasteiger partial charge on any atom is -0.465 e. The Kier molecular flexibility index (Phi) is 2.48. The van der Waals surface area contributed by atoms with Crippen LogP contribution in [0.15, 0.2) is 29.1 Å². The van der Waals surface area contributed by atoms with Crippen molar-refractivity contribution in [2.45, 2.75) is 6.92 Å². The lowest BCUT2D eigenvalue weighted by atomic mass is 10.1. The summed E-state index contributed by atoms with van der Waals surface area (Å²) in [7, 11) is 1.25. The summed E-state index contributed by atoms with van der Waals surface area (Å²) in [5.41, 5.74) is 1.38. The second-order valence-corrected chi connectivity index (χ2v) is 3.59. The summed E-state index contributed by atoms with van der Waals surface area (Å²) in [4.78, 5) is 25.5.